The molecule has 1 aromatic heterocycles. The van der Waals surface area contributed by atoms with Gasteiger partial charge in [0.1, 0.15) is 0 Å². The molecule has 0 amide bonds. The van der Waals surface area contributed by atoms with Gasteiger partial charge in [-0.05, 0) is 36.8 Å². The van der Waals surface area contributed by atoms with Crippen molar-refractivity contribution in [3.05, 3.63) is 52.8 Å². The van der Waals surface area contributed by atoms with Crippen LogP contribution in [0.3, 0.4) is 0 Å². The van der Waals surface area contributed by atoms with E-state index < -0.39 is 0 Å². The summed E-state index contributed by atoms with van der Waals surface area (Å²) in [6.07, 6.45) is 2.62. The zero-order valence-electron chi connectivity index (χ0n) is 15.8. The molecule has 0 saturated heterocycles. The number of aromatic nitrogens is 1. The maximum Gasteiger partial charge on any atom is 0.191 e. The number of nitrogens with zero attached hydrogens (tertiary/aromatic N) is 2. The first-order valence-corrected chi connectivity index (χ1v) is 8.89. The summed E-state index contributed by atoms with van der Waals surface area (Å²) in [5, 5.41) is 7.07. The molecule has 2 N–H and O–H groups in total. The van der Waals surface area contributed by atoms with E-state index in [2.05, 4.69) is 20.6 Å². The Morgan fingerprint density at radius 2 is 2.07 bits per heavy atom. The van der Waals surface area contributed by atoms with Gasteiger partial charge in [0, 0.05) is 38.4 Å². The Morgan fingerprint density at radius 3 is 2.70 bits per heavy atom. The van der Waals surface area contributed by atoms with Crippen LogP contribution in [0.25, 0.3) is 0 Å². The number of halogens is 2. The Bertz CT molecular complexity index is 729. The third-order valence-corrected chi connectivity index (χ3v) is 3.94. The topological polar surface area (TPSA) is 67.8 Å². The van der Waals surface area contributed by atoms with Crippen molar-refractivity contribution in [2.24, 2.45) is 4.99 Å². The van der Waals surface area contributed by atoms with Crippen LogP contribution >= 0.6 is 35.6 Å². The maximum atomic E-state index is 6.31. The van der Waals surface area contributed by atoms with Gasteiger partial charge in [0.25, 0.3) is 0 Å². The second-order valence-electron chi connectivity index (χ2n) is 5.47. The number of rotatable bonds is 8. The van der Waals surface area contributed by atoms with Crippen molar-refractivity contribution >= 4 is 41.5 Å². The minimum absolute atomic E-state index is 0. The number of nitrogens with one attached hydrogen (secondary N) is 2. The molecule has 0 aliphatic carbocycles. The number of hydrogen-bond acceptors (Lipinski definition) is 4. The fraction of sp³-hybridized carbons (Fsp3) is 0.368. The maximum absolute atomic E-state index is 6.31. The molecule has 0 spiro atoms. The molecular weight excluding hydrogens is 479 g/mol. The third-order valence-electron chi connectivity index (χ3n) is 3.66. The standard InChI is InChI=1S/C19H25ClN4O2.HI/c1-4-26-18-16(20)11-14(12-17(18)25-3)13-24-19(21-2)23-10-8-15-7-5-6-9-22-15;/h5-7,9,11-12H,4,8,10,13H2,1-3H3,(H2,21,23,24);1H. The number of aliphatic imine (C=N–C) groups is 1. The molecule has 0 saturated carbocycles. The van der Waals surface area contributed by atoms with Crippen LogP contribution in [0.4, 0.5) is 0 Å². The van der Waals surface area contributed by atoms with Crippen LogP contribution in [0, 0.1) is 0 Å². The molecule has 2 aromatic rings. The largest absolute Gasteiger partial charge is 0.493 e. The molecule has 8 heteroatoms. The quantitative estimate of drug-likeness (QED) is 0.326. The normalized spacial score (nSPS) is 10.7. The van der Waals surface area contributed by atoms with Crippen LogP contribution in [-0.2, 0) is 13.0 Å². The van der Waals surface area contributed by atoms with Gasteiger partial charge in [-0.2, -0.15) is 0 Å². The second kappa shape index (κ2) is 12.6. The van der Waals surface area contributed by atoms with E-state index >= 15 is 0 Å². The van der Waals surface area contributed by atoms with Crippen LogP contribution in [-0.4, -0.2) is 38.3 Å². The van der Waals surface area contributed by atoms with Crippen LogP contribution in [0.1, 0.15) is 18.2 Å². The lowest BCUT2D eigenvalue weighted by molar-refractivity contribution is 0.311. The predicted octanol–water partition coefficient (Wildman–Crippen LogP) is 3.67. The first kappa shape index (κ1) is 23.3. The number of guanidine groups is 1. The zero-order chi connectivity index (χ0) is 18.8. The van der Waals surface area contributed by atoms with E-state index in [9.17, 15) is 0 Å². The Kier molecular flexibility index (Phi) is 10.9. The fourth-order valence-electron chi connectivity index (χ4n) is 2.42. The number of methoxy groups -OCH3 is 1. The first-order chi connectivity index (χ1) is 12.7. The van der Waals surface area contributed by atoms with Crippen LogP contribution < -0.4 is 20.1 Å². The van der Waals surface area contributed by atoms with Crippen LogP contribution in [0.2, 0.25) is 5.02 Å². The Hall–Kier alpha value is -1.74. The minimum Gasteiger partial charge on any atom is -0.493 e. The number of benzene rings is 1. The highest BCUT2D eigenvalue weighted by Crippen LogP contribution is 2.36. The van der Waals surface area contributed by atoms with Crippen molar-refractivity contribution < 1.29 is 9.47 Å². The number of hydrogen-bond donors (Lipinski definition) is 2. The monoisotopic (exact) mass is 504 g/mol. The van der Waals surface area contributed by atoms with Crippen molar-refractivity contribution in [2.75, 3.05) is 27.3 Å². The van der Waals surface area contributed by atoms with Crippen LogP contribution in [0.5, 0.6) is 11.5 Å². The van der Waals surface area contributed by atoms with E-state index in [0.717, 1.165) is 24.2 Å². The number of ether oxygens (including phenoxy) is 2. The highest BCUT2D eigenvalue weighted by Gasteiger charge is 2.12. The molecule has 0 aliphatic heterocycles. The molecule has 148 valence electrons. The van der Waals surface area contributed by atoms with Crippen molar-refractivity contribution in [3.8, 4) is 11.5 Å². The van der Waals surface area contributed by atoms with Gasteiger partial charge in [-0.1, -0.05) is 17.7 Å². The van der Waals surface area contributed by atoms with Gasteiger partial charge < -0.3 is 20.1 Å². The smallest absolute Gasteiger partial charge is 0.191 e. The van der Waals surface area contributed by atoms with Gasteiger partial charge in [-0.25, -0.2) is 0 Å². The minimum atomic E-state index is 0. The lowest BCUT2D eigenvalue weighted by atomic mass is 10.2. The summed E-state index contributed by atoms with van der Waals surface area (Å²) < 4.78 is 10.9. The highest BCUT2D eigenvalue weighted by molar-refractivity contribution is 14.0. The van der Waals surface area contributed by atoms with Gasteiger partial charge in [0.05, 0.1) is 18.7 Å². The highest BCUT2D eigenvalue weighted by atomic mass is 127. The van der Waals surface area contributed by atoms with E-state index in [1.165, 1.54) is 0 Å². The summed E-state index contributed by atoms with van der Waals surface area (Å²) in [6.45, 7) is 3.74. The average molecular weight is 505 g/mol. The summed E-state index contributed by atoms with van der Waals surface area (Å²) in [6, 6.07) is 9.67. The predicted molar refractivity (Wildman–Crippen MR) is 121 cm³/mol. The lowest BCUT2D eigenvalue weighted by Gasteiger charge is -2.15. The van der Waals surface area contributed by atoms with E-state index in [1.807, 2.05) is 37.3 Å². The molecule has 0 fully saturated rings. The molecule has 0 unspecified atom stereocenters. The summed E-state index contributed by atoms with van der Waals surface area (Å²) in [5.74, 6) is 1.90. The van der Waals surface area contributed by atoms with Crippen molar-refractivity contribution in [1.29, 1.82) is 0 Å². The van der Waals surface area contributed by atoms with E-state index in [0.29, 0.717) is 35.6 Å². The molecule has 27 heavy (non-hydrogen) atoms. The number of pyridine rings is 1. The van der Waals surface area contributed by atoms with E-state index in [4.69, 9.17) is 21.1 Å². The van der Waals surface area contributed by atoms with Crippen molar-refractivity contribution in [2.45, 2.75) is 19.9 Å². The summed E-state index contributed by atoms with van der Waals surface area (Å²) in [7, 11) is 3.34. The molecular formula is C19H26ClIN4O2. The molecule has 1 heterocycles. The Balaban J connectivity index is 0.00000364. The van der Waals surface area contributed by atoms with Crippen molar-refractivity contribution in [3.63, 3.8) is 0 Å². The summed E-state index contributed by atoms with van der Waals surface area (Å²) in [5.41, 5.74) is 2.02. The van der Waals surface area contributed by atoms with Gasteiger partial charge in [-0.3, -0.25) is 9.98 Å². The SMILES string of the molecule is CCOc1c(Cl)cc(CNC(=NC)NCCc2ccccn2)cc1OC.I. The molecule has 0 aliphatic rings. The lowest BCUT2D eigenvalue weighted by Crippen LogP contribution is -2.37. The zero-order valence-corrected chi connectivity index (χ0v) is 18.9. The van der Waals surface area contributed by atoms with Gasteiger partial charge >= 0.3 is 0 Å². The molecule has 6 nitrogen and oxygen atoms in total. The average Bonchev–Trinajstić information content (AvgIpc) is 2.67. The Morgan fingerprint density at radius 1 is 1.26 bits per heavy atom. The second-order valence-corrected chi connectivity index (χ2v) is 5.87. The molecule has 0 bridgehead atoms. The third kappa shape index (κ3) is 7.42. The fourth-order valence-corrected chi connectivity index (χ4v) is 2.71. The van der Waals surface area contributed by atoms with Crippen LogP contribution in [0.15, 0.2) is 41.5 Å². The van der Waals surface area contributed by atoms with Gasteiger partial charge in [0.15, 0.2) is 17.5 Å². The van der Waals surface area contributed by atoms with E-state index in [1.54, 1.807) is 20.4 Å². The molecule has 0 radical (unpaired) electrons. The molecule has 0 atom stereocenters. The van der Waals surface area contributed by atoms with Gasteiger partial charge in [-0.15, -0.1) is 24.0 Å². The first-order valence-electron chi connectivity index (χ1n) is 8.51. The van der Waals surface area contributed by atoms with Gasteiger partial charge in [0.2, 0.25) is 0 Å². The Labute approximate surface area is 182 Å². The van der Waals surface area contributed by atoms with E-state index in [-0.39, 0.29) is 24.0 Å². The molecule has 2 rings (SSSR count). The summed E-state index contributed by atoms with van der Waals surface area (Å²) in [4.78, 5) is 8.54. The molecule has 1 aromatic carbocycles. The summed E-state index contributed by atoms with van der Waals surface area (Å²) >= 11 is 6.31. The van der Waals surface area contributed by atoms with Crippen molar-refractivity contribution in [1.82, 2.24) is 15.6 Å².